The molecule has 0 atom stereocenters. The van der Waals surface area contributed by atoms with Crippen LogP contribution in [0.5, 0.6) is 0 Å². The van der Waals surface area contributed by atoms with E-state index in [1.165, 1.54) is 16.9 Å². The number of furan rings is 1. The zero-order valence-electron chi connectivity index (χ0n) is 9.79. The molecule has 0 unspecified atom stereocenters. The molecule has 2 aromatic heterocycles. The van der Waals surface area contributed by atoms with Crippen LogP contribution in [0.1, 0.15) is 16.1 Å². The first kappa shape index (κ1) is 13.1. The third-order valence-electron chi connectivity index (χ3n) is 2.35. The van der Waals surface area contributed by atoms with Gasteiger partial charge in [0, 0.05) is 7.05 Å². The van der Waals surface area contributed by atoms with E-state index in [0.29, 0.717) is 16.1 Å². The van der Waals surface area contributed by atoms with Crippen LogP contribution in [-0.4, -0.2) is 26.7 Å². The second-order valence-electron chi connectivity index (χ2n) is 3.57. The van der Waals surface area contributed by atoms with E-state index in [4.69, 9.17) is 15.4 Å². The molecule has 0 bridgehead atoms. The van der Waals surface area contributed by atoms with Crippen molar-refractivity contribution in [1.29, 1.82) is 0 Å². The van der Waals surface area contributed by atoms with Crippen LogP contribution in [0.25, 0.3) is 0 Å². The molecular formula is C10H10BrN5O3. The Kier molecular flexibility index (Phi) is 3.56. The quantitative estimate of drug-likeness (QED) is 0.338. The van der Waals surface area contributed by atoms with Crippen molar-refractivity contribution in [3.05, 3.63) is 34.3 Å². The summed E-state index contributed by atoms with van der Waals surface area (Å²) < 4.78 is 6.96. The molecule has 0 aliphatic carbocycles. The highest BCUT2D eigenvalue weighted by Gasteiger charge is 2.18. The Bertz CT molecular complexity index is 645. The molecule has 0 radical (unpaired) electrons. The molecule has 0 saturated heterocycles. The molecule has 19 heavy (non-hydrogen) atoms. The molecule has 1 amide bonds. The Balaban J connectivity index is 2.29. The number of hydrogen-bond donors (Lipinski definition) is 3. The van der Waals surface area contributed by atoms with Crippen LogP contribution in [-0.2, 0) is 7.05 Å². The van der Waals surface area contributed by atoms with Gasteiger partial charge in [0.15, 0.2) is 16.3 Å². The lowest BCUT2D eigenvalue weighted by Crippen LogP contribution is -2.19. The average molecular weight is 328 g/mol. The van der Waals surface area contributed by atoms with Gasteiger partial charge in [0.25, 0.3) is 5.91 Å². The second kappa shape index (κ2) is 5.14. The largest absolute Gasteiger partial charge is 0.444 e. The number of anilines is 1. The average Bonchev–Trinajstić information content (AvgIpc) is 2.96. The van der Waals surface area contributed by atoms with Crippen LogP contribution in [0.2, 0.25) is 0 Å². The SMILES string of the molecule is Cn1ncc(C(N)=NO)c1NC(=O)c1ccc(Br)o1. The van der Waals surface area contributed by atoms with Crippen molar-refractivity contribution >= 4 is 33.5 Å². The number of nitrogens with zero attached hydrogens (tertiary/aromatic N) is 3. The Morgan fingerprint density at radius 2 is 2.37 bits per heavy atom. The zero-order chi connectivity index (χ0) is 14.0. The van der Waals surface area contributed by atoms with Gasteiger partial charge in [0.1, 0.15) is 5.82 Å². The molecule has 0 aliphatic heterocycles. The summed E-state index contributed by atoms with van der Waals surface area (Å²) in [6, 6.07) is 3.11. The number of amidine groups is 1. The molecule has 0 fully saturated rings. The van der Waals surface area contributed by atoms with Crippen molar-refractivity contribution in [2.75, 3.05) is 5.32 Å². The number of oxime groups is 1. The van der Waals surface area contributed by atoms with Gasteiger partial charge in [-0.15, -0.1) is 0 Å². The Hall–Kier alpha value is -2.29. The number of nitrogens with one attached hydrogen (secondary N) is 1. The minimum absolute atomic E-state index is 0.124. The molecule has 0 saturated carbocycles. The summed E-state index contributed by atoms with van der Waals surface area (Å²) in [5.41, 5.74) is 5.80. The molecule has 0 aliphatic rings. The maximum atomic E-state index is 11.9. The van der Waals surface area contributed by atoms with Crippen molar-refractivity contribution in [3.63, 3.8) is 0 Å². The minimum atomic E-state index is -0.471. The van der Waals surface area contributed by atoms with Crippen LogP contribution in [0, 0.1) is 0 Å². The van der Waals surface area contributed by atoms with Crippen LogP contribution in [0.15, 0.2) is 32.6 Å². The fourth-order valence-corrected chi connectivity index (χ4v) is 1.74. The lowest BCUT2D eigenvalue weighted by molar-refractivity contribution is 0.0994. The highest BCUT2D eigenvalue weighted by molar-refractivity contribution is 9.10. The van der Waals surface area contributed by atoms with Crippen molar-refractivity contribution in [1.82, 2.24) is 9.78 Å². The van der Waals surface area contributed by atoms with Gasteiger partial charge in [-0.2, -0.15) is 5.10 Å². The van der Waals surface area contributed by atoms with Gasteiger partial charge < -0.3 is 20.7 Å². The van der Waals surface area contributed by atoms with E-state index in [1.54, 1.807) is 13.1 Å². The Morgan fingerprint density at radius 1 is 1.63 bits per heavy atom. The molecule has 100 valence electrons. The zero-order valence-corrected chi connectivity index (χ0v) is 11.4. The molecule has 2 heterocycles. The minimum Gasteiger partial charge on any atom is -0.444 e. The first-order valence-electron chi connectivity index (χ1n) is 5.09. The molecule has 8 nitrogen and oxygen atoms in total. The Labute approximate surface area is 116 Å². The fourth-order valence-electron chi connectivity index (χ4n) is 1.43. The van der Waals surface area contributed by atoms with Gasteiger partial charge in [0.05, 0.1) is 11.8 Å². The van der Waals surface area contributed by atoms with Gasteiger partial charge in [-0.1, -0.05) is 5.16 Å². The smallest absolute Gasteiger partial charge is 0.292 e. The van der Waals surface area contributed by atoms with E-state index in [2.05, 4.69) is 31.5 Å². The summed E-state index contributed by atoms with van der Waals surface area (Å²) in [5.74, 6) is -0.198. The summed E-state index contributed by atoms with van der Waals surface area (Å²) in [6.45, 7) is 0. The maximum absolute atomic E-state index is 11.9. The number of amides is 1. The van der Waals surface area contributed by atoms with Gasteiger partial charge in [-0.3, -0.25) is 9.48 Å². The van der Waals surface area contributed by atoms with E-state index >= 15 is 0 Å². The number of carbonyl (C=O) groups is 1. The molecule has 2 aromatic rings. The van der Waals surface area contributed by atoms with Crippen molar-refractivity contribution < 1.29 is 14.4 Å². The maximum Gasteiger partial charge on any atom is 0.292 e. The van der Waals surface area contributed by atoms with Crippen molar-refractivity contribution in [2.45, 2.75) is 0 Å². The highest BCUT2D eigenvalue weighted by Crippen LogP contribution is 2.18. The van der Waals surface area contributed by atoms with Crippen LogP contribution in [0.4, 0.5) is 5.82 Å². The number of nitrogens with two attached hydrogens (primary N) is 1. The summed E-state index contributed by atoms with van der Waals surface area (Å²) in [6.07, 6.45) is 1.38. The van der Waals surface area contributed by atoms with E-state index in [1.807, 2.05) is 0 Å². The van der Waals surface area contributed by atoms with E-state index in [0.717, 1.165) is 0 Å². The van der Waals surface area contributed by atoms with E-state index in [9.17, 15) is 4.79 Å². The van der Waals surface area contributed by atoms with Crippen LogP contribution < -0.4 is 11.1 Å². The lowest BCUT2D eigenvalue weighted by Gasteiger charge is -2.06. The van der Waals surface area contributed by atoms with Gasteiger partial charge in [0.2, 0.25) is 0 Å². The van der Waals surface area contributed by atoms with Gasteiger partial charge in [-0.25, -0.2) is 0 Å². The van der Waals surface area contributed by atoms with Crippen molar-refractivity contribution in [3.8, 4) is 0 Å². The highest BCUT2D eigenvalue weighted by atomic mass is 79.9. The summed E-state index contributed by atoms with van der Waals surface area (Å²) >= 11 is 3.11. The van der Waals surface area contributed by atoms with E-state index < -0.39 is 5.91 Å². The molecule has 0 aromatic carbocycles. The molecular weight excluding hydrogens is 318 g/mol. The predicted molar refractivity (Wildman–Crippen MR) is 70.1 cm³/mol. The third kappa shape index (κ3) is 2.60. The first-order valence-corrected chi connectivity index (χ1v) is 5.89. The normalized spacial score (nSPS) is 11.6. The molecule has 4 N–H and O–H groups in total. The lowest BCUT2D eigenvalue weighted by atomic mass is 10.3. The number of hydrogen-bond acceptors (Lipinski definition) is 5. The number of carbonyl (C=O) groups excluding carboxylic acids is 1. The third-order valence-corrected chi connectivity index (χ3v) is 2.78. The van der Waals surface area contributed by atoms with Crippen LogP contribution >= 0.6 is 15.9 Å². The summed E-state index contributed by atoms with van der Waals surface area (Å²) in [7, 11) is 1.61. The topological polar surface area (TPSA) is 119 Å². The summed E-state index contributed by atoms with van der Waals surface area (Å²) in [4.78, 5) is 11.9. The standard InChI is InChI=1S/C10H10BrN5O3/c1-16-9(5(4-13-16)8(12)15-18)14-10(17)6-2-3-7(11)19-6/h2-4,18H,1H3,(H2,12,15)(H,14,17). The number of halogens is 1. The first-order chi connectivity index (χ1) is 9.02. The Morgan fingerprint density at radius 3 is 2.95 bits per heavy atom. The predicted octanol–water partition coefficient (Wildman–Crippen LogP) is 1.12. The number of aromatic nitrogens is 2. The fraction of sp³-hybridized carbons (Fsp3) is 0.100. The summed E-state index contributed by atoms with van der Waals surface area (Å²) in [5, 5.41) is 18.0. The van der Waals surface area contributed by atoms with Crippen molar-refractivity contribution in [2.24, 2.45) is 17.9 Å². The van der Waals surface area contributed by atoms with Gasteiger partial charge >= 0.3 is 0 Å². The molecule has 2 rings (SSSR count). The monoisotopic (exact) mass is 327 g/mol. The van der Waals surface area contributed by atoms with Gasteiger partial charge in [-0.05, 0) is 28.1 Å². The molecule has 9 heteroatoms. The number of rotatable bonds is 3. The second-order valence-corrected chi connectivity index (χ2v) is 4.36. The number of aryl methyl sites for hydroxylation is 1. The van der Waals surface area contributed by atoms with Crippen LogP contribution in [0.3, 0.4) is 0 Å². The molecule has 0 spiro atoms. The van der Waals surface area contributed by atoms with E-state index in [-0.39, 0.29) is 11.6 Å².